The van der Waals surface area contributed by atoms with Crippen LogP contribution in [0.25, 0.3) is 11.0 Å². The highest BCUT2D eigenvalue weighted by Gasteiger charge is 2.08. The predicted molar refractivity (Wildman–Crippen MR) is 61.3 cm³/mol. The molecule has 2 rings (SSSR count). The largest absolute Gasteiger partial charge is 0.447 e. The maximum Gasteiger partial charge on any atom is 0.414 e. The standard InChI is InChI=1S/C11H13N3O2/c1-7(2)16-11(15)14-10-12-8-5-3-4-6-9(8)13-10/h3-7H,1-2H3,(H2,12,13,14,15). The number of nitrogens with zero attached hydrogens (tertiary/aromatic N) is 1. The number of hydrogen-bond acceptors (Lipinski definition) is 3. The Bertz CT molecular complexity index is 472. The van der Waals surface area contributed by atoms with E-state index in [0.717, 1.165) is 11.0 Å². The molecule has 0 aliphatic carbocycles. The number of para-hydroxylation sites is 2. The van der Waals surface area contributed by atoms with Gasteiger partial charge < -0.3 is 9.72 Å². The van der Waals surface area contributed by atoms with Gasteiger partial charge in [-0.25, -0.2) is 9.78 Å². The number of anilines is 1. The molecule has 0 saturated carbocycles. The van der Waals surface area contributed by atoms with Crippen LogP contribution in [0, 0.1) is 0 Å². The number of aromatic nitrogens is 2. The second-order valence-corrected chi connectivity index (χ2v) is 3.68. The van der Waals surface area contributed by atoms with Gasteiger partial charge in [0.2, 0.25) is 5.95 Å². The van der Waals surface area contributed by atoms with E-state index < -0.39 is 6.09 Å². The van der Waals surface area contributed by atoms with Crippen LogP contribution in [0.5, 0.6) is 0 Å². The van der Waals surface area contributed by atoms with Crippen molar-refractivity contribution in [1.82, 2.24) is 9.97 Å². The fourth-order valence-corrected chi connectivity index (χ4v) is 1.35. The van der Waals surface area contributed by atoms with E-state index in [0.29, 0.717) is 5.95 Å². The van der Waals surface area contributed by atoms with Gasteiger partial charge in [0, 0.05) is 0 Å². The Morgan fingerprint density at radius 2 is 2.19 bits per heavy atom. The number of benzene rings is 1. The van der Waals surface area contributed by atoms with Gasteiger partial charge >= 0.3 is 6.09 Å². The first kappa shape index (κ1) is 10.5. The van der Waals surface area contributed by atoms with E-state index >= 15 is 0 Å². The topological polar surface area (TPSA) is 67.0 Å². The number of imidazole rings is 1. The highest BCUT2D eigenvalue weighted by molar-refractivity contribution is 5.86. The highest BCUT2D eigenvalue weighted by atomic mass is 16.6. The van der Waals surface area contributed by atoms with Crippen LogP contribution < -0.4 is 5.32 Å². The number of fused-ring (bicyclic) bond motifs is 1. The smallest absolute Gasteiger partial charge is 0.414 e. The summed E-state index contributed by atoms with van der Waals surface area (Å²) in [4.78, 5) is 18.5. The monoisotopic (exact) mass is 219 g/mol. The molecule has 0 saturated heterocycles. The van der Waals surface area contributed by atoms with Crippen molar-refractivity contribution in [2.75, 3.05) is 5.32 Å². The van der Waals surface area contributed by atoms with Crippen molar-refractivity contribution < 1.29 is 9.53 Å². The molecule has 0 unspecified atom stereocenters. The summed E-state index contributed by atoms with van der Waals surface area (Å²) in [6.07, 6.45) is -0.654. The lowest BCUT2D eigenvalue weighted by molar-refractivity contribution is 0.130. The van der Waals surface area contributed by atoms with Gasteiger partial charge in [-0.05, 0) is 26.0 Å². The van der Waals surface area contributed by atoms with Crippen LogP contribution in [0.1, 0.15) is 13.8 Å². The molecular weight excluding hydrogens is 206 g/mol. The number of nitrogens with one attached hydrogen (secondary N) is 2. The van der Waals surface area contributed by atoms with Crippen LogP contribution in [0.4, 0.5) is 10.7 Å². The lowest BCUT2D eigenvalue weighted by Crippen LogP contribution is -2.18. The Morgan fingerprint density at radius 1 is 1.44 bits per heavy atom. The van der Waals surface area contributed by atoms with Crippen LogP contribution >= 0.6 is 0 Å². The van der Waals surface area contributed by atoms with Crippen LogP contribution in [-0.2, 0) is 4.74 Å². The number of rotatable bonds is 2. The van der Waals surface area contributed by atoms with Gasteiger partial charge in [0.25, 0.3) is 0 Å². The van der Waals surface area contributed by atoms with Gasteiger partial charge in [0.05, 0.1) is 17.1 Å². The van der Waals surface area contributed by atoms with Gasteiger partial charge in [-0.1, -0.05) is 12.1 Å². The summed E-state index contributed by atoms with van der Waals surface area (Å²) >= 11 is 0. The van der Waals surface area contributed by atoms with E-state index in [1.807, 2.05) is 24.3 Å². The summed E-state index contributed by atoms with van der Waals surface area (Å²) in [5.41, 5.74) is 1.68. The maximum atomic E-state index is 11.3. The number of amides is 1. The molecule has 0 aliphatic heterocycles. The summed E-state index contributed by atoms with van der Waals surface area (Å²) < 4.78 is 4.94. The first-order chi connectivity index (χ1) is 7.65. The molecule has 5 heteroatoms. The van der Waals surface area contributed by atoms with E-state index in [-0.39, 0.29) is 6.10 Å². The molecule has 0 fully saturated rings. The average molecular weight is 219 g/mol. The first-order valence-electron chi connectivity index (χ1n) is 5.07. The van der Waals surface area contributed by atoms with Crippen LogP contribution in [0.2, 0.25) is 0 Å². The van der Waals surface area contributed by atoms with Crippen molar-refractivity contribution in [3.8, 4) is 0 Å². The molecule has 5 nitrogen and oxygen atoms in total. The normalized spacial score (nSPS) is 10.7. The Kier molecular flexibility index (Phi) is 2.76. The third-order valence-corrected chi connectivity index (χ3v) is 1.95. The van der Waals surface area contributed by atoms with E-state index in [1.54, 1.807) is 13.8 Å². The molecule has 1 aromatic carbocycles. The number of ether oxygens (including phenoxy) is 1. The van der Waals surface area contributed by atoms with Gasteiger partial charge in [-0.2, -0.15) is 0 Å². The van der Waals surface area contributed by atoms with E-state index in [9.17, 15) is 4.79 Å². The SMILES string of the molecule is CC(C)OC(=O)Nc1nc2ccccc2[nH]1. The molecule has 0 spiro atoms. The van der Waals surface area contributed by atoms with E-state index in [1.165, 1.54) is 0 Å². The molecule has 84 valence electrons. The quantitative estimate of drug-likeness (QED) is 0.815. The van der Waals surface area contributed by atoms with Crippen molar-refractivity contribution in [2.45, 2.75) is 20.0 Å². The fraction of sp³-hybridized carbons (Fsp3) is 0.273. The molecule has 2 aromatic rings. The lowest BCUT2D eigenvalue weighted by atomic mass is 10.3. The zero-order chi connectivity index (χ0) is 11.5. The molecule has 0 atom stereocenters. The summed E-state index contributed by atoms with van der Waals surface area (Å²) in [5, 5.41) is 2.53. The predicted octanol–water partition coefficient (Wildman–Crippen LogP) is 2.52. The van der Waals surface area contributed by atoms with Crippen molar-refractivity contribution in [2.24, 2.45) is 0 Å². The lowest BCUT2D eigenvalue weighted by Gasteiger charge is -2.06. The molecule has 0 aliphatic rings. The molecule has 16 heavy (non-hydrogen) atoms. The van der Waals surface area contributed by atoms with Crippen LogP contribution in [0.3, 0.4) is 0 Å². The van der Waals surface area contributed by atoms with Gasteiger partial charge in [0.1, 0.15) is 0 Å². The number of carbonyl (C=O) groups is 1. The molecular formula is C11H13N3O2. The minimum absolute atomic E-state index is 0.149. The maximum absolute atomic E-state index is 11.3. The Balaban J connectivity index is 2.12. The fourth-order valence-electron chi connectivity index (χ4n) is 1.35. The average Bonchev–Trinajstić information content (AvgIpc) is 2.57. The van der Waals surface area contributed by atoms with Crippen LogP contribution in [0.15, 0.2) is 24.3 Å². The molecule has 2 N–H and O–H groups in total. The van der Waals surface area contributed by atoms with Gasteiger partial charge in [-0.3, -0.25) is 5.32 Å². The summed E-state index contributed by atoms with van der Waals surface area (Å²) in [5.74, 6) is 0.395. The number of carbonyl (C=O) groups excluding carboxylic acids is 1. The summed E-state index contributed by atoms with van der Waals surface area (Å²) in [6, 6.07) is 7.54. The summed E-state index contributed by atoms with van der Waals surface area (Å²) in [7, 11) is 0. The molecule has 0 bridgehead atoms. The number of aromatic amines is 1. The third-order valence-electron chi connectivity index (χ3n) is 1.95. The van der Waals surface area contributed by atoms with Crippen molar-refractivity contribution in [1.29, 1.82) is 0 Å². The summed E-state index contributed by atoms with van der Waals surface area (Å²) in [6.45, 7) is 3.58. The number of hydrogen-bond donors (Lipinski definition) is 2. The van der Waals surface area contributed by atoms with Crippen LogP contribution in [-0.4, -0.2) is 22.2 Å². The Hall–Kier alpha value is -2.04. The Morgan fingerprint density at radius 3 is 2.88 bits per heavy atom. The molecule has 0 radical (unpaired) electrons. The van der Waals surface area contributed by atoms with Crippen molar-refractivity contribution >= 4 is 23.1 Å². The van der Waals surface area contributed by atoms with Crippen molar-refractivity contribution in [3.63, 3.8) is 0 Å². The molecule has 1 amide bonds. The number of H-pyrrole nitrogens is 1. The zero-order valence-corrected chi connectivity index (χ0v) is 9.15. The minimum atomic E-state index is -0.506. The second-order valence-electron chi connectivity index (χ2n) is 3.68. The minimum Gasteiger partial charge on any atom is -0.447 e. The van der Waals surface area contributed by atoms with Gasteiger partial charge in [-0.15, -0.1) is 0 Å². The molecule has 1 aromatic heterocycles. The first-order valence-corrected chi connectivity index (χ1v) is 5.07. The molecule has 1 heterocycles. The van der Waals surface area contributed by atoms with Crippen molar-refractivity contribution in [3.05, 3.63) is 24.3 Å². The third kappa shape index (κ3) is 2.31. The van der Waals surface area contributed by atoms with E-state index in [4.69, 9.17) is 4.74 Å². The highest BCUT2D eigenvalue weighted by Crippen LogP contribution is 2.13. The van der Waals surface area contributed by atoms with Gasteiger partial charge in [0.15, 0.2) is 0 Å². The second kappa shape index (κ2) is 4.22. The zero-order valence-electron chi connectivity index (χ0n) is 9.15. The Labute approximate surface area is 92.8 Å². The van der Waals surface area contributed by atoms with E-state index in [2.05, 4.69) is 15.3 Å².